The number of hydrogen-bond acceptors (Lipinski definition) is 4. The number of benzene rings is 1. The van der Waals surface area contributed by atoms with Crippen LogP contribution in [0.2, 0.25) is 0 Å². The molecule has 2 aromatic rings. The molecule has 1 N–H and O–H groups in total. The summed E-state index contributed by atoms with van der Waals surface area (Å²) >= 11 is 0. The normalized spacial score (nSPS) is 24.4. The van der Waals surface area contributed by atoms with Crippen LogP contribution in [0.5, 0.6) is 0 Å². The molecule has 4 nitrogen and oxygen atoms in total. The van der Waals surface area contributed by atoms with Gasteiger partial charge in [-0.05, 0) is 43.4 Å². The Morgan fingerprint density at radius 2 is 2.19 bits per heavy atom. The lowest BCUT2D eigenvalue weighted by Crippen LogP contribution is -2.34. The van der Waals surface area contributed by atoms with Gasteiger partial charge in [0.05, 0.1) is 5.92 Å². The molecule has 1 aromatic carbocycles. The number of aromatic nitrogens is 2. The minimum atomic E-state index is 0.339. The highest BCUT2D eigenvalue weighted by Gasteiger charge is 2.30. The monoisotopic (exact) mass is 283 g/mol. The van der Waals surface area contributed by atoms with Crippen LogP contribution in [0.3, 0.4) is 0 Å². The van der Waals surface area contributed by atoms with Crippen molar-refractivity contribution in [1.82, 2.24) is 15.5 Å². The van der Waals surface area contributed by atoms with Crippen molar-refractivity contribution in [2.24, 2.45) is 0 Å². The van der Waals surface area contributed by atoms with Crippen molar-refractivity contribution >= 4 is 0 Å². The predicted molar refractivity (Wildman–Crippen MR) is 80.2 cm³/mol. The minimum absolute atomic E-state index is 0.339. The van der Waals surface area contributed by atoms with Crippen molar-refractivity contribution in [1.29, 1.82) is 0 Å². The Kier molecular flexibility index (Phi) is 3.47. The Morgan fingerprint density at radius 3 is 3.05 bits per heavy atom. The summed E-state index contributed by atoms with van der Waals surface area (Å²) in [7, 11) is 0. The lowest BCUT2D eigenvalue weighted by Gasteiger charge is -2.27. The summed E-state index contributed by atoms with van der Waals surface area (Å²) in [6.07, 6.45) is 6.95. The first-order valence-corrected chi connectivity index (χ1v) is 8.04. The smallest absolute Gasteiger partial charge is 0.226 e. The molecule has 1 aromatic heterocycles. The van der Waals surface area contributed by atoms with Crippen LogP contribution in [0.4, 0.5) is 0 Å². The van der Waals surface area contributed by atoms with Crippen molar-refractivity contribution in [2.45, 2.75) is 50.5 Å². The van der Waals surface area contributed by atoms with E-state index in [2.05, 4.69) is 39.7 Å². The Balaban J connectivity index is 1.38. The average Bonchev–Trinajstić information content (AvgIpc) is 2.96. The Morgan fingerprint density at radius 1 is 1.24 bits per heavy atom. The third-order valence-electron chi connectivity index (χ3n) is 4.77. The minimum Gasteiger partial charge on any atom is -0.339 e. The van der Waals surface area contributed by atoms with Gasteiger partial charge in [-0.1, -0.05) is 35.8 Å². The quantitative estimate of drug-likeness (QED) is 0.937. The number of hydrogen-bond donors (Lipinski definition) is 1. The highest BCUT2D eigenvalue weighted by molar-refractivity contribution is 5.43. The van der Waals surface area contributed by atoms with Crippen LogP contribution >= 0.6 is 0 Å². The largest absolute Gasteiger partial charge is 0.339 e. The van der Waals surface area contributed by atoms with Gasteiger partial charge in [-0.2, -0.15) is 4.98 Å². The van der Waals surface area contributed by atoms with E-state index in [9.17, 15) is 0 Å². The highest BCUT2D eigenvalue weighted by atomic mass is 16.5. The van der Waals surface area contributed by atoms with Gasteiger partial charge in [0.1, 0.15) is 0 Å². The number of rotatable bonds is 4. The second kappa shape index (κ2) is 5.60. The number of fused-ring (bicyclic) bond motifs is 1. The zero-order valence-electron chi connectivity index (χ0n) is 12.2. The molecule has 1 aliphatic carbocycles. The summed E-state index contributed by atoms with van der Waals surface area (Å²) in [5, 5.41) is 7.76. The van der Waals surface area contributed by atoms with Crippen molar-refractivity contribution in [3.05, 3.63) is 47.1 Å². The number of nitrogens with one attached hydrogen (secondary N) is 1. The van der Waals surface area contributed by atoms with Crippen molar-refractivity contribution < 1.29 is 4.52 Å². The summed E-state index contributed by atoms with van der Waals surface area (Å²) in [6.45, 7) is 1.15. The summed E-state index contributed by atoms with van der Waals surface area (Å²) in [5.74, 6) is 1.99. The van der Waals surface area contributed by atoms with Crippen LogP contribution in [-0.2, 0) is 12.8 Å². The lowest BCUT2D eigenvalue weighted by molar-refractivity contribution is 0.339. The maximum atomic E-state index is 5.44. The van der Waals surface area contributed by atoms with Gasteiger partial charge in [-0.25, -0.2) is 0 Å². The molecule has 21 heavy (non-hydrogen) atoms. The Labute approximate surface area is 124 Å². The second-order valence-corrected chi connectivity index (χ2v) is 6.19. The molecule has 2 aliphatic rings. The average molecular weight is 283 g/mol. The maximum absolute atomic E-state index is 5.44. The SMILES string of the molecule is c1ccc2c(c1)CC2c1noc(CCC2CCCCN2)n1. The Hall–Kier alpha value is -1.68. The van der Waals surface area contributed by atoms with Crippen LogP contribution in [0, 0.1) is 0 Å². The van der Waals surface area contributed by atoms with Crippen LogP contribution in [-0.4, -0.2) is 22.7 Å². The Bertz CT molecular complexity index is 616. The molecule has 0 saturated carbocycles. The second-order valence-electron chi connectivity index (χ2n) is 6.19. The van der Waals surface area contributed by atoms with Gasteiger partial charge in [0, 0.05) is 12.5 Å². The first-order chi connectivity index (χ1) is 10.4. The molecule has 4 heteroatoms. The fraction of sp³-hybridized carbons (Fsp3) is 0.529. The van der Waals surface area contributed by atoms with E-state index in [1.54, 1.807) is 0 Å². The number of aryl methyl sites for hydroxylation is 1. The third-order valence-corrected chi connectivity index (χ3v) is 4.77. The first kappa shape index (κ1) is 13.0. The van der Waals surface area contributed by atoms with Crippen molar-refractivity contribution in [3.8, 4) is 0 Å². The van der Waals surface area contributed by atoms with Gasteiger partial charge >= 0.3 is 0 Å². The molecule has 4 rings (SSSR count). The van der Waals surface area contributed by atoms with E-state index in [0.29, 0.717) is 12.0 Å². The van der Waals surface area contributed by atoms with Crippen molar-refractivity contribution in [2.75, 3.05) is 6.54 Å². The molecular formula is C17H21N3O. The topological polar surface area (TPSA) is 51.0 Å². The van der Waals surface area contributed by atoms with Crippen LogP contribution in [0.1, 0.15) is 54.4 Å². The molecule has 0 amide bonds. The standard InChI is InChI=1S/C17H21N3O/c1-2-7-14-12(5-1)11-15(14)17-19-16(21-20-17)9-8-13-6-3-4-10-18-13/h1-2,5,7,13,15,18H,3-4,6,8-11H2. The van der Waals surface area contributed by atoms with E-state index in [1.807, 2.05) is 0 Å². The summed E-state index contributed by atoms with van der Waals surface area (Å²) in [6, 6.07) is 9.15. The predicted octanol–water partition coefficient (Wildman–Crippen LogP) is 2.83. The summed E-state index contributed by atoms with van der Waals surface area (Å²) in [5.41, 5.74) is 2.78. The van der Waals surface area contributed by atoms with Gasteiger partial charge in [-0.3, -0.25) is 0 Å². The molecule has 1 aliphatic heterocycles. The maximum Gasteiger partial charge on any atom is 0.226 e. The molecule has 0 bridgehead atoms. The molecule has 110 valence electrons. The number of nitrogens with zero attached hydrogens (tertiary/aromatic N) is 2. The van der Waals surface area contributed by atoms with Crippen LogP contribution < -0.4 is 5.32 Å². The highest BCUT2D eigenvalue weighted by Crippen LogP contribution is 2.38. The van der Waals surface area contributed by atoms with E-state index >= 15 is 0 Å². The molecule has 2 atom stereocenters. The van der Waals surface area contributed by atoms with E-state index in [-0.39, 0.29) is 0 Å². The molecule has 2 heterocycles. The van der Waals surface area contributed by atoms with Crippen LogP contribution in [0.25, 0.3) is 0 Å². The van der Waals surface area contributed by atoms with E-state index in [1.165, 1.54) is 30.4 Å². The van der Waals surface area contributed by atoms with E-state index < -0.39 is 0 Å². The fourth-order valence-electron chi connectivity index (χ4n) is 3.47. The van der Waals surface area contributed by atoms with Crippen LogP contribution in [0.15, 0.2) is 28.8 Å². The van der Waals surface area contributed by atoms with E-state index in [4.69, 9.17) is 4.52 Å². The van der Waals surface area contributed by atoms with Gasteiger partial charge in [0.15, 0.2) is 5.82 Å². The molecule has 2 unspecified atom stereocenters. The number of piperidine rings is 1. The molecule has 0 radical (unpaired) electrons. The summed E-state index contributed by atoms with van der Waals surface area (Å²) < 4.78 is 5.44. The zero-order chi connectivity index (χ0) is 14.1. The van der Waals surface area contributed by atoms with Gasteiger partial charge in [-0.15, -0.1) is 0 Å². The summed E-state index contributed by atoms with van der Waals surface area (Å²) in [4.78, 5) is 4.61. The van der Waals surface area contributed by atoms with Gasteiger partial charge in [0.2, 0.25) is 5.89 Å². The molecule has 1 fully saturated rings. The lowest BCUT2D eigenvalue weighted by atomic mass is 9.77. The molecule has 0 spiro atoms. The third kappa shape index (κ3) is 2.60. The van der Waals surface area contributed by atoms with Crippen molar-refractivity contribution in [3.63, 3.8) is 0 Å². The molecule has 1 saturated heterocycles. The zero-order valence-corrected chi connectivity index (χ0v) is 12.2. The van der Waals surface area contributed by atoms with Gasteiger partial charge in [0.25, 0.3) is 0 Å². The first-order valence-electron chi connectivity index (χ1n) is 8.04. The molecular weight excluding hydrogens is 262 g/mol. The van der Waals surface area contributed by atoms with Gasteiger partial charge < -0.3 is 9.84 Å². The van der Waals surface area contributed by atoms with E-state index in [0.717, 1.165) is 37.5 Å². The fourth-order valence-corrected chi connectivity index (χ4v) is 3.47.